The van der Waals surface area contributed by atoms with E-state index in [1.54, 1.807) is 6.20 Å². The van der Waals surface area contributed by atoms with Crippen LogP contribution in [-0.4, -0.2) is 24.0 Å². The Bertz CT molecular complexity index is 116. The van der Waals surface area contributed by atoms with E-state index >= 15 is 0 Å². The van der Waals surface area contributed by atoms with Gasteiger partial charge >= 0.3 is 0 Å². The molecule has 2 atom stereocenters. The summed E-state index contributed by atoms with van der Waals surface area (Å²) in [5.41, 5.74) is 0. The van der Waals surface area contributed by atoms with E-state index in [1.807, 2.05) is 0 Å². The molecule has 0 unspecified atom stereocenters. The molecule has 1 aliphatic rings. The zero-order valence-corrected chi connectivity index (χ0v) is 5.92. The smallest absolute Gasteiger partial charge is 0.127 e. The number of nitrogens with one attached hydrogen (secondary N) is 1. The van der Waals surface area contributed by atoms with E-state index in [-0.39, 0.29) is 18.9 Å². The molecule has 0 aromatic heterocycles. The van der Waals surface area contributed by atoms with Crippen molar-refractivity contribution in [3.05, 3.63) is 12.8 Å². The highest BCUT2D eigenvalue weighted by molar-refractivity contribution is 4.75. The van der Waals surface area contributed by atoms with Crippen LogP contribution < -0.4 is 5.32 Å². The van der Waals surface area contributed by atoms with Crippen LogP contribution in [0.3, 0.4) is 0 Å². The molecule has 1 aliphatic heterocycles. The summed E-state index contributed by atoms with van der Waals surface area (Å²) >= 11 is 0. The van der Waals surface area contributed by atoms with Crippen LogP contribution in [0.1, 0.15) is 12.8 Å². The summed E-state index contributed by atoms with van der Waals surface area (Å²) in [5, 5.41) is 11.6. The molecular weight excluding hydrogens is 130 g/mol. The Hall–Kier alpha value is -0.540. The Balaban J connectivity index is 2.21. The van der Waals surface area contributed by atoms with E-state index in [0.717, 1.165) is 12.8 Å². The highest BCUT2D eigenvalue weighted by Gasteiger charge is 2.22. The minimum Gasteiger partial charge on any atom is -0.394 e. The van der Waals surface area contributed by atoms with Crippen molar-refractivity contribution < 1.29 is 9.84 Å². The van der Waals surface area contributed by atoms with E-state index < -0.39 is 0 Å². The van der Waals surface area contributed by atoms with Gasteiger partial charge in [-0.05, 0) is 19.0 Å². The quantitative estimate of drug-likeness (QED) is 0.593. The van der Waals surface area contributed by atoms with Gasteiger partial charge in [0.05, 0.1) is 12.7 Å². The van der Waals surface area contributed by atoms with Crippen molar-refractivity contribution in [3.63, 3.8) is 0 Å². The molecule has 0 aromatic rings. The van der Waals surface area contributed by atoms with Gasteiger partial charge in [-0.2, -0.15) is 0 Å². The molecule has 0 aromatic carbocycles. The summed E-state index contributed by atoms with van der Waals surface area (Å²) < 4.78 is 5.32. The first kappa shape index (κ1) is 7.57. The normalized spacial score (nSPS) is 32.1. The molecule has 3 nitrogen and oxygen atoms in total. The topological polar surface area (TPSA) is 41.5 Å². The molecule has 1 fully saturated rings. The minimum absolute atomic E-state index is 0.0254. The van der Waals surface area contributed by atoms with Crippen LogP contribution in [0.15, 0.2) is 12.8 Å². The molecule has 10 heavy (non-hydrogen) atoms. The van der Waals surface area contributed by atoms with Gasteiger partial charge in [0.1, 0.15) is 6.23 Å². The van der Waals surface area contributed by atoms with E-state index in [4.69, 9.17) is 9.84 Å². The molecule has 2 N–H and O–H groups in total. The largest absolute Gasteiger partial charge is 0.394 e. The van der Waals surface area contributed by atoms with Gasteiger partial charge in [-0.15, -0.1) is 0 Å². The van der Waals surface area contributed by atoms with Gasteiger partial charge < -0.3 is 15.2 Å². The van der Waals surface area contributed by atoms with E-state index in [9.17, 15) is 0 Å². The minimum atomic E-state index is 0.0254. The molecule has 58 valence electrons. The molecule has 1 rings (SSSR count). The molecular formula is C7H13NO2. The molecule has 0 amide bonds. The van der Waals surface area contributed by atoms with Crippen LogP contribution in [0.5, 0.6) is 0 Å². The summed E-state index contributed by atoms with van der Waals surface area (Å²) in [7, 11) is 0. The second-order valence-electron chi connectivity index (χ2n) is 2.38. The molecule has 1 saturated heterocycles. The Morgan fingerprint density at radius 1 is 1.70 bits per heavy atom. The average molecular weight is 143 g/mol. The highest BCUT2D eigenvalue weighted by atomic mass is 16.5. The third kappa shape index (κ3) is 1.72. The molecule has 0 bridgehead atoms. The van der Waals surface area contributed by atoms with Gasteiger partial charge in [0.2, 0.25) is 0 Å². The van der Waals surface area contributed by atoms with Crippen LogP contribution in [0, 0.1) is 0 Å². The Morgan fingerprint density at radius 3 is 3.00 bits per heavy atom. The maximum Gasteiger partial charge on any atom is 0.127 e. The standard InChI is InChI=1S/C7H13NO2/c1-2-8-7-4-3-6(5-9)10-7/h2,6-9H,1,3-5H2/t6-,7+/m0/s1. The first-order chi connectivity index (χ1) is 4.86. The number of hydrogen-bond donors (Lipinski definition) is 2. The van der Waals surface area contributed by atoms with Gasteiger partial charge in [0.15, 0.2) is 0 Å². The predicted molar refractivity (Wildman–Crippen MR) is 38.3 cm³/mol. The second kappa shape index (κ2) is 3.58. The molecule has 3 heteroatoms. The van der Waals surface area contributed by atoms with Crippen LogP contribution in [0.2, 0.25) is 0 Å². The zero-order chi connectivity index (χ0) is 7.40. The van der Waals surface area contributed by atoms with E-state index in [1.165, 1.54) is 0 Å². The monoisotopic (exact) mass is 143 g/mol. The Morgan fingerprint density at radius 2 is 2.50 bits per heavy atom. The van der Waals surface area contributed by atoms with Crippen molar-refractivity contribution in [3.8, 4) is 0 Å². The number of aliphatic hydroxyl groups is 1. The van der Waals surface area contributed by atoms with Gasteiger partial charge in [0, 0.05) is 0 Å². The number of hydrogen-bond acceptors (Lipinski definition) is 3. The highest BCUT2D eigenvalue weighted by Crippen LogP contribution is 2.16. The predicted octanol–water partition coefficient (Wildman–Crippen LogP) is 0.217. The number of aliphatic hydroxyl groups excluding tert-OH is 1. The third-order valence-electron chi connectivity index (χ3n) is 1.61. The number of rotatable bonds is 3. The molecule has 0 aliphatic carbocycles. The maximum absolute atomic E-state index is 8.67. The fraction of sp³-hybridized carbons (Fsp3) is 0.714. The summed E-state index contributed by atoms with van der Waals surface area (Å²) in [6.45, 7) is 3.64. The van der Waals surface area contributed by atoms with Crippen LogP contribution in [-0.2, 0) is 4.74 Å². The van der Waals surface area contributed by atoms with Gasteiger partial charge in [0.25, 0.3) is 0 Å². The SMILES string of the molecule is C=CN[C@H]1CC[C@@H](CO)O1. The first-order valence-corrected chi connectivity index (χ1v) is 3.50. The lowest BCUT2D eigenvalue weighted by molar-refractivity contribution is 0.00323. The Kier molecular flexibility index (Phi) is 2.71. The Labute approximate surface area is 60.7 Å². The van der Waals surface area contributed by atoms with Crippen molar-refractivity contribution >= 4 is 0 Å². The average Bonchev–Trinajstić information content (AvgIpc) is 2.37. The molecule has 0 saturated carbocycles. The fourth-order valence-corrected chi connectivity index (χ4v) is 1.09. The molecule has 1 heterocycles. The van der Waals surface area contributed by atoms with Gasteiger partial charge in [-0.1, -0.05) is 6.58 Å². The maximum atomic E-state index is 8.67. The second-order valence-corrected chi connectivity index (χ2v) is 2.38. The third-order valence-corrected chi connectivity index (χ3v) is 1.61. The van der Waals surface area contributed by atoms with Crippen molar-refractivity contribution in [1.82, 2.24) is 5.32 Å². The lowest BCUT2D eigenvalue weighted by Crippen LogP contribution is -2.24. The zero-order valence-electron chi connectivity index (χ0n) is 5.92. The van der Waals surface area contributed by atoms with Crippen LogP contribution >= 0.6 is 0 Å². The van der Waals surface area contributed by atoms with E-state index in [0.29, 0.717) is 0 Å². The van der Waals surface area contributed by atoms with Crippen LogP contribution in [0.4, 0.5) is 0 Å². The summed E-state index contributed by atoms with van der Waals surface area (Å²) in [6.07, 6.45) is 3.59. The van der Waals surface area contributed by atoms with E-state index in [2.05, 4.69) is 11.9 Å². The summed E-state index contributed by atoms with van der Waals surface area (Å²) in [5.74, 6) is 0. The lowest BCUT2D eigenvalue weighted by Gasteiger charge is -2.10. The first-order valence-electron chi connectivity index (χ1n) is 3.50. The van der Waals surface area contributed by atoms with Crippen molar-refractivity contribution in [2.75, 3.05) is 6.61 Å². The molecule has 0 radical (unpaired) electrons. The van der Waals surface area contributed by atoms with Crippen molar-refractivity contribution in [1.29, 1.82) is 0 Å². The summed E-state index contributed by atoms with van der Waals surface area (Å²) in [6, 6.07) is 0. The number of ether oxygens (including phenoxy) is 1. The van der Waals surface area contributed by atoms with Crippen molar-refractivity contribution in [2.45, 2.75) is 25.2 Å². The molecule has 0 spiro atoms. The van der Waals surface area contributed by atoms with Gasteiger partial charge in [-0.25, -0.2) is 0 Å². The van der Waals surface area contributed by atoms with Gasteiger partial charge in [-0.3, -0.25) is 0 Å². The van der Waals surface area contributed by atoms with Crippen LogP contribution in [0.25, 0.3) is 0 Å². The van der Waals surface area contributed by atoms with Crippen molar-refractivity contribution in [2.24, 2.45) is 0 Å². The fourth-order valence-electron chi connectivity index (χ4n) is 1.09. The lowest BCUT2D eigenvalue weighted by atomic mass is 10.2. The summed E-state index contributed by atoms with van der Waals surface area (Å²) in [4.78, 5) is 0.